The minimum absolute atomic E-state index is 0.00994. The number of methoxy groups -OCH3 is 1. The second kappa shape index (κ2) is 14.7. The number of amides is 1. The molecule has 17 heteroatoms. The van der Waals surface area contributed by atoms with Crippen molar-refractivity contribution in [3.05, 3.63) is 59.9 Å². The topological polar surface area (TPSA) is 198 Å². The second-order valence-corrected chi connectivity index (χ2v) is 13.1. The zero-order valence-corrected chi connectivity index (χ0v) is 26.3. The number of primary sulfonamides is 1. The highest BCUT2D eigenvalue weighted by Crippen LogP contribution is 2.28. The number of sulfonamides is 1. The maximum atomic E-state index is 13.5. The number of rotatable bonds is 15. The van der Waals surface area contributed by atoms with Gasteiger partial charge in [0, 0.05) is 6.42 Å². The summed E-state index contributed by atoms with van der Waals surface area (Å²) in [7, 11) is -2.70. The zero-order valence-electron chi connectivity index (χ0n) is 24.6. The summed E-state index contributed by atoms with van der Waals surface area (Å²) in [5.41, 5.74) is 1.59. The number of alkyl halides is 1. The summed E-state index contributed by atoms with van der Waals surface area (Å²) in [6.45, 7) is 2.55. The Bertz CT molecular complexity index is 1730. The first-order valence-electron chi connectivity index (χ1n) is 13.7. The number of benzene rings is 2. The number of esters is 1. The number of nitrogens with two attached hydrogens (primary N) is 1. The van der Waals surface area contributed by atoms with E-state index in [0.29, 0.717) is 33.0 Å². The van der Waals surface area contributed by atoms with Crippen LogP contribution in [0.3, 0.4) is 0 Å². The largest absolute Gasteiger partial charge is 0.491 e. The summed E-state index contributed by atoms with van der Waals surface area (Å²) < 4.78 is 53.5. The van der Waals surface area contributed by atoms with Crippen molar-refractivity contribution < 1.29 is 41.7 Å². The molecule has 3 atom stereocenters. The Hall–Kier alpha value is -4.19. The van der Waals surface area contributed by atoms with E-state index in [1.807, 2.05) is 13.8 Å². The van der Waals surface area contributed by atoms with Gasteiger partial charge in [-0.3, -0.25) is 4.79 Å². The van der Waals surface area contributed by atoms with E-state index in [-0.39, 0.29) is 29.9 Å². The molecule has 0 fully saturated rings. The van der Waals surface area contributed by atoms with Gasteiger partial charge in [0.05, 0.1) is 23.5 Å². The molecule has 4 rings (SSSR count). The molecule has 242 valence electrons. The van der Waals surface area contributed by atoms with E-state index in [2.05, 4.69) is 20.6 Å². The lowest BCUT2D eigenvalue weighted by Gasteiger charge is -2.23. The number of nitrogens with one attached hydrogen (secondary N) is 1. The first kappa shape index (κ1) is 33.7. The average molecular weight is 665 g/mol. The molecule has 0 radical (unpaired) electrons. The van der Waals surface area contributed by atoms with Crippen LogP contribution >= 0.6 is 11.3 Å². The number of hydrogen-bond acceptors (Lipinski definition) is 12. The zero-order chi connectivity index (χ0) is 32.7. The van der Waals surface area contributed by atoms with Gasteiger partial charge in [0.1, 0.15) is 55.3 Å². The maximum absolute atomic E-state index is 13.5. The molecule has 0 aliphatic rings. The molecule has 4 aromatic rings. The van der Waals surface area contributed by atoms with Crippen LogP contribution < -0.4 is 19.9 Å². The molecule has 2 heterocycles. The number of ether oxygens (including phenoxy) is 3. The Labute approximate surface area is 262 Å². The predicted octanol–water partition coefficient (Wildman–Crippen LogP) is 1.92. The maximum Gasteiger partial charge on any atom is 0.328 e. The average Bonchev–Trinajstić information content (AvgIpc) is 3.65. The van der Waals surface area contributed by atoms with Crippen LogP contribution in [0.25, 0.3) is 10.2 Å². The fourth-order valence-electron chi connectivity index (χ4n) is 4.28. The number of hydrogen-bond donors (Lipinski definition) is 3. The molecule has 2 aromatic heterocycles. The third-order valence-corrected chi connectivity index (χ3v) is 8.84. The quantitative estimate of drug-likeness (QED) is 0.157. The molecule has 14 nitrogen and oxygen atoms in total. The number of aliphatic hydroxyl groups excluding tert-OH is 1. The van der Waals surface area contributed by atoms with Gasteiger partial charge in [0.2, 0.25) is 10.2 Å². The Morgan fingerprint density at radius 3 is 2.49 bits per heavy atom. The first-order valence-corrected chi connectivity index (χ1v) is 16.0. The van der Waals surface area contributed by atoms with E-state index in [4.69, 9.17) is 19.3 Å². The number of aromatic nitrogens is 4. The van der Waals surface area contributed by atoms with Crippen molar-refractivity contribution in [2.45, 2.75) is 49.4 Å². The summed E-state index contributed by atoms with van der Waals surface area (Å²) in [4.78, 5) is 30.1. The van der Waals surface area contributed by atoms with Gasteiger partial charge in [-0.15, -0.1) is 16.4 Å². The van der Waals surface area contributed by atoms with Crippen LogP contribution in [0.5, 0.6) is 11.5 Å². The minimum Gasteiger partial charge on any atom is -0.491 e. The lowest BCUT2D eigenvalue weighted by Crippen LogP contribution is -2.47. The molecular weight excluding hydrogens is 631 g/mol. The number of carbonyl (C=O) groups is 2. The van der Waals surface area contributed by atoms with Crippen molar-refractivity contribution in [2.75, 3.05) is 20.4 Å². The van der Waals surface area contributed by atoms with E-state index in [0.717, 1.165) is 11.3 Å². The molecule has 0 aliphatic heterocycles. The number of thiazole rings is 1. The van der Waals surface area contributed by atoms with Gasteiger partial charge < -0.3 is 24.6 Å². The van der Waals surface area contributed by atoms with Crippen molar-refractivity contribution >= 4 is 43.5 Å². The van der Waals surface area contributed by atoms with Crippen molar-refractivity contribution in [3.8, 4) is 11.5 Å². The molecule has 4 N–H and O–H groups in total. The van der Waals surface area contributed by atoms with Gasteiger partial charge in [-0.05, 0) is 41.8 Å². The van der Waals surface area contributed by atoms with Crippen LogP contribution in [0.1, 0.15) is 31.1 Å². The Kier molecular flexibility index (Phi) is 11.0. The van der Waals surface area contributed by atoms with Gasteiger partial charge >= 0.3 is 5.97 Å². The molecule has 45 heavy (non-hydrogen) atoms. The monoisotopic (exact) mass is 664 g/mol. The molecular formula is C28H33FN6O8S2. The third-order valence-electron chi connectivity index (χ3n) is 6.50. The van der Waals surface area contributed by atoms with Gasteiger partial charge in [-0.25, -0.2) is 32.4 Å². The van der Waals surface area contributed by atoms with Crippen molar-refractivity contribution in [2.24, 2.45) is 11.1 Å². The Morgan fingerprint density at radius 2 is 1.84 bits per heavy atom. The SMILES string of the molecule is COC(=O)[C@H](Cc1ccc(OCC(O)CF)cc1)NC(=O)C(C(C)C)n1cc(COc2ccc3nc(S(N)(=O)=O)sc3c2)nn1. The summed E-state index contributed by atoms with van der Waals surface area (Å²) >= 11 is 0.928. The molecule has 2 unspecified atom stereocenters. The standard InChI is InChI=1S/C28H33FN6O8S2/c1-16(2)25(26(37)31-23(27(38)41-3)10-17-4-6-20(7-5-17)43-15-19(36)12-29)35-13-18(33-34-35)14-42-21-8-9-22-24(11-21)44-28(32-22)45(30,39)40/h4-9,11,13,16,19,23,25,36H,10,12,14-15H2,1-3H3,(H,31,37)(H2,30,39,40)/t19?,23-,25?/m0/s1. The fourth-order valence-corrected chi connectivity index (χ4v) is 5.97. The highest BCUT2D eigenvalue weighted by atomic mass is 32.2. The molecule has 2 aromatic carbocycles. The van der Waals surface area contributed by atoms with Crippen molar-refractivity contribution in [1.29, 1.82) is 0 Å². The van der Waals surface area contributed by atoms with E-state index in [9.17, 15) is 27.5 Å². The lowest BCUT2D eigenvalue weighted by atomic mass is 10.0. The second-order valence-electron chi connectivity index (χ2n) is 10.4. The molecule has 0 spiro atoms. The van der Waals surface area contributed by atoms with Crippen LogP contribution in [0.2, 0.25) is 0 Å². The normalized spacial score (nSPS) is 13.8. The number of carbonyl (C=O) groups excluding carboxylic acids is 2. The van der Waals surface area contributed by atoms with Gasteiger partial charge in [0.15, 0.2) is 0 Å². The minimum atomic E-state index is -3.92. The lowest BCUT2D eigenvalue weighted by molar-refractivity contribution is -0.145. The molecule has 0 bridgehead atoms. The number of halogens is 1. The Morgan fingerprint density at radius 1 is 1.13 bits per heavy atom. The molecule has 0 saturated heterocycles. The van der Waals surface area contributed by atoms with E-state index in [1.165, 1.54) is 11.8 Å². The van der Waals surface area contributed by atoms with Crippen LogP contribution in [0.4, 0.5) is 4.39 Å². The van der Waals surface area contributed by atoms with Crippen molar-refractivity contribution in [1.82, 2.24) is 25.3 Å². The van der Waals surface area contributed by atoms with E-state index >= 15 is 0 Å². The highest BCUT2D eigenvalue weighted by Gasteiger charge is 2.30. The smallest absolute Gasteiger partial charge is 0.328 e. The number of nitrogens with zero attached hydrogens (tertiary/aromatic N) is 4. The Balaban J connectivity index is 1.41. The van der Waals surface area contributed by atoms with Gasteiger partial charge in [-0.2, -0.15) is 0 Å². The number of aliphatic hydroxyl groups is 1. The third kappa shape index (κ3) is 8.93. The highest BCUT2D eigenvalue weighted by molar-refractivity contribution is 7.91. The summed E-state index contributed by atoms with van der Waals surface area (Å²) in [6, 6.07) is 9.67. The van der Waals surface area contributed by atoms with Crippen LogP contribution in [0, 0.1) is 5.92 Å². The molecule has 0 aliphatic carbocycles. The van der Waals surface area contributed by atoms with Gasteiger partial charge in [0.25, 0.3) is 10.0 Å². The first-order chi connectivity index (χ1) is 21.4. The number of fused-ring (bicyclic) bond motifs is 1. The molecule has 1 amide bonds. The summed E-state index contributed by atoms with van der Waals surface area (Å²) in [5, 5.41) is 25.5. The fraction of sp³-hybridized carbons (Fsp3) is 0.393. The van der Waals surface area contributed by atoms with Crippen LogP contribution in [-0.2, 0) is 37.4 Å². The van der Waals surface area contributed by atoms with Crippen molar-refractivity contribution in [3.63, 3.8) is 0 Å². The summed E-state index contributed by atoms with van der Waals surface area (Å²) in [5.74, 6) is -0.497. The summed E-state index contributed by atoms with van der Waals surface area (Å²) in [6.07, 6.45) is 0.469. The van der Waals surface area contributed by atoms with Crippen LogP contribution in [-0.4, -0.2) is 77.9 Å². The van der Waals surface area contributed by atoms with Crippen LogP contribution in [0.15, 0.2) is 53.0 Å². The molecule has 0 saturated carbocycles. The van der Waals surface area contributed by atoms with E-state index < -0.39 is 46.8 Å². The predicted molar refractivity (Wildman–Crippen MR) is 161 cm³/mol. The van der Waals surface area contributed by atoms with E-state index in [1.54, 1.807) is 48.7 Å². The van der Waals surface area contributed by atoms with Gasteiger partial charge in [-0.1, -0.05) is 31.2 Å².